The van der Waals surface area contributed by atoms with Gasteiger partial charge in [0.25, 0.3) is 0 Å². The summed E-state index contributed by atoms with van der Waals surface area (Å²) < 4.78 is 12.9. The van der Waals surface area contributed by atoms with Crippen molar-refractivity contribution in [2.75, 3.05) is 13.9 Å². The van der Waals surface area contributed by atoms with Crippen molar-refractivity contribution in [2.45, 2.75) is 90.4 Å². The van der Waals surface area contributed by atoms with E-state index in [-0.39, 0.29) is 5.41 Å². The van der Waals surface area contributed by atoms with Crippen molar-refractivity contribution >= 4 is 22.0 Å². The zero-order valence-corrected chi connectivity index (χ0v) is 19.6. The first kappa shape index (κ1) is 21.8. The van der Waals surface area contributed by atoms with Crippen LogP contribution < -0.4 is 8.97 Å². The molecule has 0 aliphatic heterocycles. The van der Waals surface area contributed by atoms with Crippen LogP contribution in [-0.2, 0) is 10.2 Å². The van der Waals surface area contributed by atoms with Gasteiger partial charge in [-0.15, -0.1) is 0 Å². The van der Waals surface area contributed by atoms with E-state index in [9.17, 15) is 0 Å². The molecule has 1 aromatic carbocycles. The van der Waals surface area contributed by atoms with Gasteiger partial charge in [-0.2, -0.15) is 0 Å². The molecule has 0 spiro atoms. The van der Waals surface area contributed by atoms with Crippen molar-refractivity contribution < 1.29 is 9.47 Å². The van der Waals surface area contributed by atoms with Crippen LogP contribution in [0.4, 0.5) is 0 Å². The van der Waals surface area contributed by atoms with Gasteiger partial charge in [-0.3, -0.25) is 0 Å². The Morgan fingerprint density at radius 1 is 1.07 bits per heavy atom. The predicted molar refractivity (Wildman–Crippen MR) is 121 cm³/mol. The van der Waals surface area contributed by atoms with Crippen molar-refractivity contribution in [3.8, 4) is 5.75 Å². The van der Waals surface area contributed by atoms with E-state index < -0.39 is 0 Å². The van der Waals surface area contributed by atoms with Crippen LogP contribution in [0, 0.1) is 23.2 Å². The molecule has 0 amide bonds. The summed E-state index contributed by atoms with van der Waals surface area (Å²) >= 11 is 2.25. The summed E-state index contributed by atoms with van der Waals surface area (Å²) in [5.41, 5.74) is 3.67. The second-order valence-electron chi connectivity index (χ2n) is 11.7. The molecule has 4 fully saturated rings. The van der Waals surface area contributed by atoms with Crippen LogP contribution in [-0.4, -0.2) is 31.6 Å². The first-order chi connectivity index (χ1) is 13.8. The molecule has 2 nitrogen and oxygen atoms in total. The Morgan fingerprint density at radius 2 is 1.66 bits per heavy atom. The molecule has 0 saturated heterocycles. The zero-order valence-electron chi connectivity index (χ0n) is 19.6. The Labute approximate surface area is 187 Å². The number of ether oxygens (including phenoxy) is 2. The maximum absolute atomic E-state index is 6.26. The molecule has 5 rings (SSSR count). The normalized spacial score (nSPS) is 31.9. The zero-order chi connectivity index (χ0) is 20.8. The fourth-order valence-corrected chi connectivity index (χ4v) is 7.54. The van der Waals surface area contributed by atoms with Gasteiger partial charge in [-0.05, 0) is 0 Å². The molecule has 4 aliphatic carbocycles. The quantitative estimate of drug-likeness (QED) is 0.429. The van der Waals surface area contributed by atoms with E-state index in [1.54, 1.807) is 7.11 Å². The van der Waals surface area contributed by atoms with E-state index >= 15 is 0 Å². The number of benzene rings is 1. The monoisotopic (exact) mass is 390 g/mol. The Kier molecular flexibility index (Phi) is 6.20. The molecular weight excluding hydrogens is 351 g/mol. The van der Waals surface area contributed by atoms with Crippen LogP contribution in [0.1, 0.15) is 96.1 Å². The molecule has 1 unspecified atom stereocenters. The van der Waals surface area contributed by atoms with Crippen LogP contribution in [0.5, 0.6) is 5.75 Å². The van der Waals surface area contributed by atoms with E-state index in [1.165, 1.54) is 66.7 Å². The Hall–Kier alpha value is -0.423. The molecule has 0 heterocycles. The van der Waals surface area contributed by atoms with E-state index in [2.05, 4.69) is 57.5 Å². The summed E-state index contributed by atoms with van der Waals surface area (Å²) in [6, 6.07) is 5.00. The third kappa shape index (κ3) is 4.20. The SMILES string of the molecule is [Li][c]1cc(C(CCC)C(C)(C)C)cc(C23CC4CC(CC(C4)C2)C3)c1OCOC. The molecule has 3 heteroatoms. The van der Waals surface area contributed by atoms with Gasteiger partial charge in [0.1, 0.15) is 0 Å². The molecular formula is C26H39LiO2. The van der Waals surface area contributed by atoms with Gasteiger partial charge < -0.3 is 0 Å². The van der Waals surface area contributed by atoms with Crippen LogP contribution in [0.2, 0.25) is 0 Å². The van der Waals surface area contributed by atoms with Crippen molar-refractivity contribution in [2.24, 2.45) is 23.2 Å². The van der Waals surface area contributed by atoms with Gasteiger partial charge in [0.15, 0.2) is 0 Å². The minimum atomic E-state index is 0.274. The molecule has 0 N–H and O–H groups in total. The predicted octanol–water partition coefficient (Wildman–Crippen LogP) is 5.86. The third-order valence-electron chi connectivity index (χ3n) is 8.25. The first-order valence-electron chi connectivity index (χ1n) is 12.0. The van der Waals surface area contributed by atoms with Gasteiger partial charge in [-0.1, -0.05) is 0 Å². The molecule has 0 radical (unpaired) electrons. The maximum atomic E-state index is 6.26. The van der Waals surface area contributed by atoms with Gasteiger partial charge in [0.2, 0.25) is 0 Å². The number of methoxy groups -OCH3 is 1. The third-order valence-corrected chi connectivity index (χ3v) is 8.25. The molecule has 1 aromatic rings. The summed E-state index contributed by atoms with van der Waals surface area (Å²) in [6.07, 6.45) is 11.0. The van der Waals surface area contributed by atoms with E-state index in [0.29, 0.717) is 18.1 Å². The first-order valence-corrected chi connectivity index (χ1v) is 12.0. The summed E-state index contributed by atoms with van der Waals surface area (Å²) in [7, 11) is 1.73. The van der Waals surface area contributed by atoms with Gasteiger partial charge >= 0.3 is 188 Å². The van der Waals surface area contributed by atoms with Crippen molar-refractivity contribution in [1.82, 2.24) is 0 Å². The minimum absolute atomic E-state index is 0.274. The standard InChI is InChI=1S/C26H39O2.Li/c1-6-7-22(25(2,3)4)21-8-9-24(28-17-27-5)23(13-21)26-14-18-10-19(15-26)12-20(11-18)16-26;/h8,13,18-20,22H,6-7,10-12,14-17H2,1-5H3;. The summed E-state index contributed by atoms with van der Waals surface area (Å²) in [6.45, 7) is 9.88. The summed E-state index contributed by atoms with van der Waals surface area (Å²) in [5, 5.41) is 0. The van der Waals surface area contributed by atoms with Crippen molar-refractivity contribution in [3.05, 3.63) is 23.3 Å². The number of hydrogen-bond donors (Lipinski definition) is 0. The summed E-state index contributed by atoms with van der Waals surface area (Å²) in [5.74, 6) is 4.54. The Morgan fingerprint density at radius 3 is 2.14 bits per heavy atom. The molecule has 4 saturated carbocycles. The molecule has 4 bridgehead atoms. The number of hydrogen-bond acceptors (Lipinski definition) is 2. The molecule has 156 valence electrons. The van der Waals surface area contributed by atoms with E-state index in [4.69, 9.17) is 9.47 Å². The van der Waals surface area contributed by atoms with Crippen LogP contribution >= 0.6 is 0 Å². The Balaban J connectivity index is 1.81. The number of rotatable bonds is 7. The summed E-state index contributed by atoms with van der Waals surface area (Å²) in [4.78, 5) is 0. The van der Waals surface area contributed by atoms with Crippen LogP contribution in [0.25, 0.3) is 0 Å². The van der Waals surface area contributed by atoms with Crippen LogP contribution in [0.15, 0.2) is 12.1 Å². The Bertz CT molecular complexity index is 698. The van der Waals surface area contributed by atoms with Crippen LogP contribution in [0.3, 0.4) is 0 Å². The van der Waals surface area contributed by atoms with E-state index in [0.717, 1.165) is 23.5 Å². The fraction of sp³-hybridized carbons (Fsp3) is 0.769. The molecule has 29 heavy (non-hydrogen) atoms. The molecule has 1 atom stereocenters. The second kappa shape index (κ2) is 8.25. The van der Waals surface area contributed by atoms with Gasteiger partial charge in [-0.25, -0.2) is 0 Å². The topological polar surface area (TPSA) is 18.5 Å². The fourth-order valence-electron chi connectivity index (χ4n) is 7.54. The average Bonchev–Trinajstić information content (AvgIpc) is 2.62. The second-order valence-corrected chi connectivity index (χ2v) is 11.7. The molecule has 4 aliphatic rings. The average molecular weight is 391 g/mol. The van der Waals surface area contributed by atoms with Crippen molar-refractivity contribution in [3.63, 3.8) is 0 Å². The van der Waals surface area contributed by atoms with Gasteiger partial charge in [0, 0.05) is 0 Å². The van der Waals surface area contributed by atoms with Crippen molar-refractivity contribution in [1.29, 1.82) is 0 Å². The van der Waals surface area contributed by atoms with Gasteiger partial charge in [0.05, 0.1) is 0 Å². The molecule has 0 aromatic heterocycles. The van der Waals surface area contributed by atoms with E-state index in [1.807, 2.05) is 0 Å².